The van der Waals surface area contributed by atoms with Crippen molar-refractivity contribution in [3.63, 3.8) is 0 Å². The van der Waals surface area contributed by atoms with Crippen LogP contribution in [0.25, 0.3) is 0 Å². The van der Waals surface area contributed by atoms with E-state index in [0.29, 0.717) is 24.9 Å². The first-order valence-electron chi connectivity index (χ1n) is 6.25. The van der Waals surface area contributed by atoms with E-state index in [9.17, 15) is 9.59 Å². The molecule has 19 heavy (non-hydrogen) atoms. The number of Topliss-reactive ketones (excluding diaryl/α,β-unsaturated/α-hetero) is 1. The summed E-state index contributed by atoms with van der Waals surface area (Å²) in [6, 6.07) is 6.94. The minimum atomic E-state index is -0.519. The Hall–Kier alpha value is -2.04. The molecule has 0 aliphatic carbocycles. The van der Waals surface area contributed by atoms with Crippen LogP contribution in [0.15, 0.2) is 24.3 Å². The summed E-state index contributed by atoms with van der Waals surface area (Å²) < 4.78 is 9.97. The second-order valence-electron chi connectivity index (χ2n) is 3.99. The summed E-state index contributed by atoms with van der Waals surface area (Å²) in [6.45, 7) is 2.06. The molecule has 0 bridgehead atoms. The Labute approximate surface area is 112 Å². The smallest absolute Gasteiger partial charge is 0.411 e. The molecule has 1 amide bonds. The molecule has 5 heteroatoms. The molecule has 1 aromatic rings. The summed E-state index contributed by atoms with van der Waals surface area (Å²) in [7, 11) is 1.58. The van der Waals surface area contributed by atoms with Gasteiger partial charge < -0.3 is 9.47 Å². The number of rotatable bonds is 7. The summed E-state index contributed by atoms with van der Waals surface area (Å²) in [6.07, 6.45) is 1.02. The number of carbonyl (C=O) groups is 2. The average molecular weight is 265 g/mol. The second kappa shape index (κ2) is 8.13. The van der Waals surface area contributed by atoms with Gasteiger partial charge in [-0.3, -0.25) is 10.1 Å². The Morgan fingerprint density at radius 3 is 2.47 bits per heavy atom. The van der Waals surface area contributed by atoms with Crippen molar-refractivity contribution in [2.45, 2.75) is 26.2 Å². The number of anilines is 1. The molecule has 1 aromatic carbocycles. The van der Waals surface area contributed by atoms with Crippen molar-refractivity contribution < 1.29 is 19.1 Å². The number of carbonyl (C=O) groups excluding carboxylic acids is 2. The highest BCUT2D eigenvalue weighted by Crippen LogP contribution is 2.15. The molecular formula is C14H19NO4. The van der Waals surface area contributed by atoms with Crippen LogP contribution in [0.1, 0.15) is 26.2 Å². The van der Waals surface area contributed by atoms with E-state index in [1.807, 2.05) is 6.92 Å². The lowest BCUT2D eigenvalue weighted by Crippen LogP contribution is -2.14. The zero-order valence-corrected chi connectivity index (χ0v) is 11.3. The second-order valence-corrected chi connectivity index (χ2v) is 3.99. The molecule has 0 aliphatic heterocycles. The third-order valence-corrected chi connectivity index (χ3v) is 2.56. The van der Waals surface area contributed by atoms with Crippen LogP contribution in [0, 0.1) is 0 Å². The van der Waals surface area contributed by atoms with Gasteiger partial charge in [0.05, 0.1) is 13.7 Å². The summed E-state index contributed by atoms with van der Waals surface area (Å²) in [5, 5.41) is 2.59. The lowest BCUT2D eigenvalue weighted by atomic mass is 10.2. The van der Waals surface area contributed by atoms with E-state index in [2.05, 4.69) is 5.32 Å². The minimum absolute atomic E-state index is 0.180. The average Bonchev–Trinajstić information content (AvgIpc) is 2.44. The molecule has 0 saturated heterocycles. The fraction of sp³-hybridized carbons (Fsp3) is 0.429. The normalized spacial score (nSPS) is 9.79. The molecule has 1 N–H and O–H groups in total. The van der Waals surface area contributed by atoms with Gasteiger partial charge in [-0.05, 0) is 30.7 Å². The van der Waals surface area contributed by atoms with Crippen LogP contribution in [-0.2, 0) is 9.53 Å². The minimum Gasteiger partial charge on any atom is -0.497 e. The van der Waals surface area contributed by atoms with Crippen LogP contribution in [0.4, 0.5) is 10.5 Å². The molecule has 5 nitrogen and oxygen atoms in total. The first-order chi connectivity index (χ1) is 9.15. The van der Waals surface area contributed by atoms with Crippen LogP contribution in [0.2, 0.25) is 0 Å². The van der Waals surface area contributed by atoms with Crippen molar-refractivity contribution >= 4 is 17.6 Å². The Kier molecular flexibility index (Phi) is 6.43. The molecule has 1 rings (SSSR count). The molecule has 0 aromatic heterocycles. The number of methoxy groups -OCH3 is 1. The standard InChI is InChI=1S/C14H19NO4/c1-3-12(16)5-4-10-19-14(17)15-11-6-8-13(18-2)9-7-11/h6-9H,3-5,10H2,1-2H3,(H,15,17). The molecule has 0 heterocycles. The van der Waals surface area contributed by atoms with Gasteiger partial charge in [-0.2, -0.15) is 0 Å². The van der Waals surface area contributed by atoms with Crippen LogP contribution in [0.5, 0.6) is 5.75 Å². The maximum absolute atomic E-state index is 11.4. The van der Waals surface area contributed by atoms with E-state index < -0.39 is 6.09 Å². The highest BCUT2D eigenvalue weighted by atomic mass is 16.5. The molecule has 0 spiro atoms. The fourth-order valence-corrected chi connectivity index (χ4v) is 1.44. The van der Waals surface area contributed by atoms with Crippen molar-refractivity contribution in [3.05, 3.63) is 24.3 Å². The van der Waals surface area contributed by atoms with Crippen molar-refractivity contribution in [2.24, 2.45) is 0 Å². The highest BCUT2D eigenvalue weighted by Gasteiger charge is 2.04. The number of nitrogens with one attached hydrogen (secondary N) is 1. The fourth-order valence-electron chi connectivity index (χ4n) is 1.44. The van der Waals surface area contributed by atoms with E-state index in [4.69, 9.17) is 9.47 Å². The number of ether oxygens (including phenoxy) is 2. The summed E-state index contributed by atoms with van der Waals surface area (Å²) in [5.74, 6) is 0.899. The van der Waals surface area contributed by atoms with E-state index in [1.54, 1.807) is 31.4 Å². The molecule has 0 fully saturated rings. The number of hydrogen-bond donors (Lipinski definition) is 1. The van der Waals surface area contributed by atoms with Crippen LogP contribution < -0.4 is 10.1 Å². The molecule has 0 atom stereocenters. The number of ketones is 1. The van der Waals surface area contributed by atoms with Gasteiger partial charge in [0.2, 0.25) is 0 Å². The van der Waals surface area contributed by atoms with Gasteiger partial charge in [0.1, 0.15) is 11.5 Å². The lowest BCUT2D eigenvalue weighted by Gasteiger charge is -2.07. The molecule has 0 radical (unpaired) electrons. The van der Waals surface area contributed by atoms with Gasteiger partial charge >= 0.3 is 6.09 Å². The molecule has 0 saturated carbocycles. The molecule has 0 unspecified atom stereocenters. The number of benzene rings is 1. The van der Waals surface area contributed by atoms with Crippen molar-refractivity contribution in [1.82, 2.24) is 0 Å². The first-order valence-corrected chi connectivity index (χ1v) is 6.25. The third-order valence-electron chi connectivity index (χ3n) is 2.56. The summed E-state index contributed by atoms with van der Waals surface area (Å²) in [4.78, 5) is 22.5. The van der Waals surface area contributed by atoms with Gasteiger partial charge in [-0.15, -0.1) is 0 Å². The van der Waals surface area contributed by atoms with E-state index in [0.717, 1.165) is 5.75 Å². The summed E-state index contributed by atoms with van der Waals surface area (Å²) in [5.41, 5.74) is 0.635. The number of hydrogen-bond acceptors (Lipinski definition) is 4. The van der Waals surface area contributed by atoms with Crippen LogP contribution in [0.3, 0.4) is 0 Å². The largest absolute Gasteiger partial charge is 0.497 e. The van der Waals surface area contributed by atoms with Gasteiger partial charge in [0.25, 0.3) is 0 Å². The van der Waals surface area contributed by atoms with Crippen LogP contribution >= 0.6 is 0 Å². The third kappa shape index (κ3) is 5.90. The first kappa shape index (κ1) is 15.0. The van der Waals surface area contributed by atoms with E-state index in [1.165, 1.54) is 0 Å². The van der Waals surface area contributed by atoms with E-state index in [-0.39, 0.29) is 12.4 Å². The Bertz CT molecular complexity index is 414. The SMILES string of the molecule is CCC(=O)CCCOC(=O)Nc1ccc(OC)cc1. The van der Waals surface area contributed by atoms with Crippen LogP contribution in [-0.4, -0.2) is 25.6 Å². The van der Waals surface area contributed by atoms with Crippen molar-refractivity contribution in [3.8, 4) is 5.75 Å². The topological polar surface area (TPSA) is 64.6 Å². The molecule has 104 valence electrons. The van der Waals surface area contributed by atoms with Crippen molar-refractivity contribution in [1.29, 1.82) is 0 Å². The zero-order chi connectivity index (χ0) is 14.1. The predicted molar refractivity (Wildman–Crippen MR) is 72.5 cm³/mol. The van der Waals surface area contributed by atoms with Crippen molar-refractivity contribution in [2.75, 3.05) is 19.0 Å². The Balaban J connectivity index is 2.25. The zero-order valence-electron chi connectivity index (χ0n) is 11.3. The predicted octanol–water partition coefficient (Wildman–Crippen LogP) is 3.00. The monoisotopic (exact) mass is 265 g/mol. The lowest BCUT2D eigenvalue weighted by molar-refractivity contribution is -0.119. The quantitative estimate of drug-likeness (QED) is 0.770. The number of amides is 1. The highest BCUT2D eigenvalue weighted by molar-refractivity contribution is 5.84. The van der Waals surface area contributed by atoms with Gasteiger partial charge in [-0.1, -0.05) is 6.92 Å². The maximum atomic E-state index is 11.4. The summed E-state index contributed by atoms with van der Waals surface area (Å²) >= 11 is 0. The van der Waals surface area contributed by atoms with E-state index >= 15 is 0 Å². The van der Waals surface area contributed by atoms with Gasteiger partial charge in [-0.25, -0.2) is 4.79 Å². The Morgan fingerprint density at radius 1 is 1.21 bits per heavy atom. The molecule has 0 aliphatic rings. The van der Waals surface area contributed by atoms with Gasteiger partial charge in [0.15, 0.2) is 0 Å². The maximum Gasteiger partial charge on any atom is 0.411 e. The Morgan fingerprint density at radius 2 is 1.89 bits per heavy atom. The van der Waals surface area contributed by atoms with Gasteiger partial charge in [0, 0.05) is 18.5 Å². The molecular weight excluding hydrogens is 246 g/mol.